The molecule has 1 aromatic heterocycles. The Morgan fingerprint density at radius 2 is 2.20 bits per heavy atom. The minimum Gasteiger partial charge on any atom is -0.468 e. The quantitative estimate of drug-likeness (QED) is 0.767. The van der Waals surface area contributed by atoms with E-state index in [-0.39, 0.29) is 0 Å². The molecule has 1 rings (SSSR count). The maximum absolute atomic E-state index is 11.4. The molecular weight excluding hydrogens is 194 g/mol. The number of carbonyl (C=O) groups excluding carboxylic acids is 1. The van der Waals surface area contributed by atoms with Crippen LogP contribution in [0.1, 0.15) is 25.2 Å². The number of rotatable bonds is 3. The number of furan rings is 1. The van der Waals surface area contributed by atoms with Crippen LogP contribution in [0.15, 0.2) is 16.7 Å². The zero-order valence-electron chi connectivity index (χ0n) is 9.53. The first-order valence-electron chi connectivity index (χ1n) is 4.79. The maximum atomic E-state index is 11.4. The largest absolute Gasteiger partial charge is 0.468 e. The molecule has 0 aromatic carbocycles. The van der Waals surface area contributed by atoms with Gasteiger partial charge in [-0.1, -0.05) is 13.8 Å². The fourth-order valence-electron chi connectivity index (χ4n) is 1.60. The molecule has 4 nitrogen and oxygen atoms in total. The predicted molar refractivity (Wildman–Crippen MR) is 56.5 cm³/mol. The second-order valence-corrected chi connectivity index (χ2v) is 4.16. The number of esters is 1. The van der Waals surface area contributed by atoms with Gasteiger partial charge in [0.25, 0.3) is 0 Å². The summed E-state index contributed by atoms with van der Waals surface area (Å²) >= 11 is 0. The number of nitrogens with two attached hydrogens (primary N) is 1. The average molecular weight is 211 g/mol. The third-order valence-electron chi connectivity index (χ3n) is 2.68. The molecule has 1 unspecified atom stereocenters. The Morgan fingerprint density at radius 1 is 1.60 bits per heavy atom. The molecule has 0 radical (unpaired) electrons. The zero-order valence-corrected chi connectivity index (χ0v) is 9.53. The van der Waals surface area contributed by atoms with Gasteiger partial charge in [0, 0.05) is 5.41 Å². The standard InChI is InChI=1S/C11H17NO3/c1-7-5-6-15-9(7)11(2,3)8(12)10(13)14-4/h5-6,8H,12H2,1-4H3. The number of ether oxygens (including phenoxy) is 1. The normalized spacial score (nSPS) is 13.7. The molecule has 0 spiro atoms. The predicted octanol–water partition coefficient (Wildman–Crippen LogP) is 1.37. The van der Waals surface area contributed by atoms with Crippen molar-refractivity contribution in [3.05, 3.63) is 23.7 Å². The Hall–Kier alpha value is -1.29. The molecule has 0 saturated carbocycles. The first-order chi connectivity index (χ1) is 6.91. The van der Waals surface area contributed by atoms with E-state index in [4.69, 9.17) is 10.2 Å². The maximum Gasteiger partial charge on any atom is 0.323 e. The first-order valence-corrected chi connectivity index (χ1v) is 4.79. The Balaban J connectivity index is 3.02. The number of aryl methyl sites for hydroxylation is 1. The lowest BCUT2D eigenvalue weighted by Gasteiger charge is -2.28. The average Bonchev–Trinajstić information content (AvgIpc) is 2.62. The van der Waals surface area contributed by atoms with E-state index in [0.717, 1.165) is 11.3 Å². The van der Waals surface area contributed by atoms with E-state index in [1.54, 1.807) is 6.26 Å². The van der Waals surface area contributed by atoms with Gasteiger partial charge in [0.2, 0.25) is 0 Å². The van der Waals surface area contributed by atoms with Gasteiger partial charge in [0.15, 0.2) is 0 Å². The molecule has 0 aliphatic heterocycles. The highest BCUT2D eigenvalue weighted by molar-refractivity contribution is 5.77. The second kappa shape index (κ2) is 4.06. The molecule has 0 aliphatic carbocycles. The van der Waals surface area contributed by atoms with Crippen molar-refractivity contribution in [1.82, 2.24) is 0 Å². The molecule has 0 aliphatic rings. The summed E-state index contributed by atoms with van der Waals surface area (Å²) in [5.41, 5.74) is 6.25. The van der Waals surface area contributed by atoms with Crippen molar-refractivity contribution in [2.75, 3.05) is 7.11 Å². The smallest absolute Gasteiger partial charge is 0.323 e. The highest BCUT2D eigenvalue weighted by Crippen LogP contribution is 2.29. The van der Waals surface area contributed by atoms with Crippen LogP contribution in [0.5, 0.6) is 0 Å². The van der Waals surface area contributed by atoms with Crippen LogP contribution in [0.3, 0.4) is 0 Å². The van der Waals surface area contributed by atoms with Gasteiger partial charge in [0.05, 0.1) is 13.4 Å². The van der Waals surface area contributed by atoms with Gasteiger partial charge in [-0.25, -0.2) is 0 Å². The van der Waals surface area contributed by atoms with Crippen molar-refractivity contribution < 1.29 is 13.9 Å². The lowest BCUT2D eigenvalue weighted by Crippen LogP contribution is -2.47. The third kappa shape index (κ3) is 2.04. The van der Waals surface area contributed by atoms with Gasteiger partial charge in [0.1, 0.15) is 11.8 Å². The molecule has 1 aromatic rings. The van der Waals surface area contributed by atoms with Crippen molar-refractivity contribution in [2.24, 2.45) is 5.73 Å². The van der Waals surface area contributed by atoms with E-state index < -0.39 is 17.4 Å². The van der Waals surface area contributed by atoms with Gasteiger partial charge in [-0.05, 0) is 18.6 Å². The van der Waals surface area contributed by atoms with Crippen LogP contribution in [-0.2, 0) is 14.9 Å². The highest BCUT2D eigenvalue weighted by atomic mass is 16.5. The minimum atomic E-state index is -0.729. The van der Waals surface area contributed by atoms with E-state index in [0.29, 0.717) is 0 Å². The number of hydrogen-bond acceptors (Lipinski definition) is 4. The van der Waals surface area contributed by atoms with Gasteiger partial charge in [-0.2, -0.15) is 0 Å². The molecule has 1 heterocycles. The van der Waals surface area contributed by atoms with Crippen molar-refractivity contribution in [3.8, 4) is 0 Å². The van der Waals surface area contributed by atoms with Gasteiger partial charge < -0.3 is 14.9 Å². The third-order valence-corrected chi connectivity index (χ3v) is 2.68. The van der Waals surface area contributed by atoms with E-state index >= 15 is 0 Å². The molecule has 0 bridgehead atoms. The topological polar surface area (TPSA) is 65.5 Å². The molecule has 0 fully saturated rings. The first kappa shape index (κ1) is 11.8. The summed E-state index contributed by atoms with van der Waals surface area (Å²) in [4.78, 5) is 11.4. The van der Waals surface area contributed by atoms with E-state index in [1.165, 1.54) is 7.11 Å². The lowest BCUT2D eigenvalue weighted by atomic mass is 9.81. The van der Waals surface area contributed by atoms with Crippen LogP contribution in [-0.4, -0.2) is 19.1 Å². The van der Waals surface area contributed by atoms with E-state index in [1.807, 2.05) is 26.8 Å². The van der Waals surface area contributed by atoms with E-state index in [9.17, 15) is 4.79 Å². The Labute approximate surface area is 89.4 Å². The number of carbonyl (C=O) groups is 1. The fourth-order valence-corrected chi connectivity index (χ4v) is 1.60. The van der Waals surface area contributed by atoms with Crippen LogP contribution in [0, 0.1) is 6.92 Å². The Bertz CT molecular complexity index is 354. The summed E-state index contributed by atoms with van der Waals surface area (Å²) < 4.78 is 9.99. The molecule has 2 N–H and O–H groups in total. The minimum absolute atomic E-state index is 0.434. The van der Waals surface area contributed by atoms with Crippen molar-refractivity contribution in [2.45, 2.75) is 32.2 Å². The van der Waals surface area contributed by atoms with Gasteiger partial charge in [-0.3, -0.25) is 4.79 Å². The van der Waals surface area contributed by atoms with Gasteiger partial charge in [-0.15, -0.1) is 0 Å². The summed E-state index contributed by atoms with van der Waals surface area (Å²) in [6, 6.07) is 1.12. The summed E-state index contributed by atoms with van der Waals surface area (Å²) in [7, 11) is 1.33. The molecule has 15 heavy (non-hydrogen) atoms. The molecule has 4 heteroatoms. The Morgan fingerprint density at radius 3 is 2.60 bits per heavy atom. The summed E-state index contributed by atoms with van der Waals surface area (Å²) in [6.07, 6.45) is 1.59. The molecular formula is C11H17NO3. The molecule has 1 atom stereocenters. The van der Waals surface area contributed by atoms with Crippen LogP contribution in [0.25, 0.3) is 0 Å². The van der Waals surface area contributed by atoms with E-state index in [2.05, 4.69) is 4.74 Å². The van der Waals surface area contributed by atoms with Crippen LogP contribution >= 0.6 is 0 Å². The lowest BCUT2D eigenvalue weighted by molar-refractivity contribution is -0.143. The SMILES string of the molecule is COC(=O)C(N)C(C)(C)c1occc1C. The van der Waals surface area contributed by atoms with Crippen LogP contribution < -0.4 is 5.73 Å². The fraction of sp³-hybridized carbons (Fsp3) is 0.545. The number of hydrogen-bond donors (Lipinski definition) is 1. The second-order valence-electron chi connectivity index (χ2n) is 4.16. The monoisotopic (exact) mass is 211 g/mol. The summed E-state index contributed by atoms with van der Waals surface area (Å²) in [5.74, 6) is 0.288. The van der Waals surface area contributed by atoms with Crippen molar-refractivity contribution >= 4 is 5.97 Å². The molecule has 0 saturated heterocycles. The van der Waals surface area contributed by atoms with Gasteiger partial charge >= 0.3 is 5.97 Å². The zero-order chi connectivity index (χ0) is 11.6. The summed E-state index contributed by atoms with van der Waals surface area (Å²) in [5, 5.41) is 0. The molecule has 0 amide bonds. The molecule has 84 valence electrons. The van der Waals surface area contributed by atoms with Crippen molar-refractivity contribution in [1.29, 1.82) is 0 Å². The Kier molecular flexibility index (Phi) is 3.19. The van der Waals surface area contributed by atoms with Crippen LogP contribution in [0.4, 0.5) is 0 Å². The number of methoxy groups -OCH3 is 1. The highest BCUT2D eigenvalue weighted by Gasteiger charge is 2.37. The summed E-state index contributed by atoms with van der Waals surface area (Å²) in [6.45, 7) is 5.64. The van der Waals surface area contributed by atoms with Crippen molar-refractivity contribution in [3.63, 3.8) is 0 Å². The van der Waals surface area contributed by atoms with Crippen LogP contribution in [0.2, 0.25) is 0 Å².